The highest BCUT2D eigenvalue weighted by Crippen LogP contribution is 2.42. The number of rotatable bonds is 5. The highest BCUT2D eigenvalue weighted by molar-refractivity contribution is 6.13. The van der Waals surface area contributed by atoms with Gasteiger partial charge in [-0.3, -0.25) is 19.4 Å². The summed E-state index contributed by atoms with van der Waals surface area (Å²) in [6, 6.07) is 1.58. The Balaban J connectivity index is 1.77. The molecule has 8 nitrogen and oxygen atoms in total. The van der Waals surface area contributed by atoms with Crippen LogP contribution in [0.4, 0.5) is 10.5 Å². The Hall–Kier alpha value is -2.90. The summed E-state index contributed by atoms with van der Waals surface area (Å²) in [5.41, 5.74) is 2.85. The van der Waals surface area contributed by atoms with Crippen LogP contribution in [0.5, 0.6) is 0 Å². The van der Waals surface area contributed by atoms with Crippen LogP contribution in [0.15, 0.2) is 18.5 Å². The molecule has 2 fully saturated rings. The minimum Gasteiger partial charge on any atom is -0.466 e. The number of aromatic nitrogens is 2. The van der Waals surface area contributed by atoms with E-state index in [1.54, 1.807) is 13.1 Å². The highest BCUT2D eigenvalue weighted by atomic mass is 16.5. The molecule has 4 rings (SSSR count). The first-order valence-corrected chi connectivity index (χ1v) is 8.73. The Morgan fingerprint density at radius 1 is 1.31 bits per heavy atom. The van der Waals surface area contributed by atoms with Crippen molar-refractivity contribution in [3.05, 3.63) is 29.7 Å². The first kappa shape index (κ1) is 16.6. The van der Waals surface area contributed by atoms with Gasteiger partial charge in [0.2, 0.25) is 5.91 Å². The third-order valence-corrected chi connectivity index (χ3v) is 4.76. The number of anilines is 1. The molecule has 1 saturated heterocycles. The quantitative estimate of drug-likeness (QED) is 0.602. The predicted octanol–water partition coefficient (Wildman–Crippen LogP) is 1.72. The second-order valence-corrected chi connectivity index (χ2v) is 6.70. The molecule has 0 atom stereocenters. The van der Waals surface area contributed by atoms with Gasteiger partial charge in [-0.15, -0.1) is 0 Å². The number of amides is 3. The Morgan fingerprint density at radius 2 is 2.08 bits per heavy atom. The minimum atomic E-state index is -0.361. The lowest BCUT2D eigenvalue weighted by Gasteiger charge is -2.17. The molecule has 0 spiro atoms. The molecule has 2 aromatic heterocycles. The van der Waals surface area contributed by atoms with E-state index in [9.17, 15) is 14.4 Å². The van der Waals surface area contributed by atoms with Crippen molar-refractivity contribution in [3.8, 4) is 0 Å². The van der Waals surface area contributed by atoms with Crippen LogP contribution in [0.1, 0.15) is 36.9 Å². The van der Waals surface area contributed by atoms with Crippen LogP contribution in [0.2, 0.25) is 0 Å². The largest absolute Gasteiger partial charge is 0.466 e. The van der Waals surface area contributed by atoms with Gasteiger partial charge in [-0.1, -0.05) is 0 Å². The first-order chi connectivity index (χ1) is 12.5. The number of imidazole rings is 1. The number of ether oxygens (including phenoxy) is 1. The van der Waals surface area contributed by atoms with Crippen molar-refractivity contribution in [3.63, 3.8) is 0 Å². The van der Waals surface area contributed by atoms with Gasteiger partial charge in [0, 0.05) is 19.4 Å². The average Bonchev–Trinajstić information content (AvgIpc) is 3.33. The third kappa shape index (κ3) is 2.81. The molecule has 3 heterocycles. The Morgan fingerprint density at radius 3 is 2.69 bits per heavy atom. The fourth-order valence-electron chi connectivity index (χ4n) is 3.22. The van der Waals surface area contributed by atoms with E-state index in [0.717, 1.165) is 23.3 Å². The van der Waals surface area contributed by atoms with Crippen molar-refractivity contribution in [2.45, 2.75) is 32.1 Å². The average molecular weight is 356 g/mol. The molecule has 0 bridgehead atoms. The molecule has 2 aromatic rings. The van der Waals surface area contributed by atoms with E-state index in [0.29, 0.717) is 29.6 Å². The van der Waals surface area contributed by atoms with Gasteiger partial charge in [0.15, 0.2) is 5.65 Å². The van der Waals surface area contributed by atoms with Crippen molar-refractivity contribution in [1.29, 1.82) is 0 Å². The van der Waals surface area contributed by atoms with E-state index in [1.807, 2.05) is 16.7 Å². The smallest absolute Gasteiger partial charge is 0.331 e. The molecule has 8 heteroatoms. The molecule has 1 aliphatic heterocycles. The molecule has 0 unspecified atom stereocenters. The van der Waals surface area contributed by atoms with E-state index >= 15 is 0 Å². The van der Waals surface area contributed by atoms with Crippen molar-refractivity contribution in [2.24, 2.45) is 0 Å². The van der Waals surface area contributed by atoms with E-state index in [2.05, 4.69) is 4.98 Å². The molecule has 26 heavy (non-hydrogen) atoms. The second kappa shape index (κ2) is 6.12. The van der Waals surface area contributed by atoms with Crippen molar-refractivity contribution in [2.75, 3.05) is 25.1 Å². The fraction of sp³-hybridized carbons (Fsp3) is 0.444. The van der Waals surface area contributed by atoms with Crippen molar-refractivity contribution in [1.82, 2.24) is 14.3 Å². The maximum Gasteiger partial charge on any atom is 0.331 e. The fourth-order valence-corrected chi connectivity index (χ4v) is 3.22. The number of hydrogen-bond donors (Lipinski definition) is 0. The van der Waals surface area contributed by atoms with Gasteiger partial charge in [-0.05, 0) is 37.3 Å². The molecule has 1 aliphatic carbocycles. The van der Waals surface area contributed by atoms with Gasteiger partial charge < -0.3 is 9.14 Å². The summed E-state index contributed by atoms with van der Waals surface area (Å²) >= 11 is 0. The molecule has 0 N–H and O–H groups in total. The number of hydrogen-bond acceptors (Lipinski definition) is 5. The third-order valence-electron chi connectivity index (χ3n) is 4.76. The molecule has 0 radical (unpaired) electrons. The van der Waals surface area contributed by atoms with Crippen molar-refractivity contribution >= 4 is 29.2 Å². The molecule has 2 aliphatic rings. The number of carbonyl (C=O) groups is 3. The van der Waals surface area contributed by atoms with Crippen LogP contribution in [0, 0.1) is 0 Å². The summed E-state index contributed by atoms with van der Waals surface area (Å²) in [7, 11) is 1.48. The lowest BCUT2D eigenvalue weighted by atomic mass is 10.1. The summed E-state index contributed by atoms with van der Waals surface area (Å²) in [5.74, 6) is -0.115. The monoisotopic (exact) mass is 356 g/mol. The first-order valence-electron chi connectivity index (χ1n) is 8.73. The number of pyridine rings is 1. The van der Waals surface area contributed by atoms with Gasteiger partial charge in [0.1, 0.15) is 6.54 Å². The number of urea groups is 1. The van der Waals surface area contributed by atoms with E-state index < -0.39 is 0 Å². The van der Waals surface area contributed by atoms with Gasteiger partial charge in [-0.25, -0.2) is 9.78 Å². The van der Waals surface area contributed by atoms with Gasteiger partial charge in [0.05, 0.1) is 24.4 Å². The molecule has 136 valence electrons. The van der Waals surface area contributed by atoms with E-state index in [-0.39, 0.29) is 30.9 Å². The lowest BCUT2D eigenvalue weighted by Crippen LogP contribution is -2.30. The molecular weight excluding hydrogens is 336 g/mol. The number of imide groups is 1. The zero-order valence-corrected chi connectivity index (χ0v) is 14.8. The molecule has 3 amide bonds. The molecular formula is C18H20N4O4. The van der Waals surface area contributed by atoms with Crippen LogP contribution in [-0.2, 0) is 20.7 Å². The summed E-state index contributed by atoms with van der Waals surface area (Å²) < 4.78 is 6.83. The normalized spacial score (nSPS) is 17.5. The number of nitrogens with zero attached hydrogens (tertiary/aromatic N) is 4. The topological polar surface area (TPSA) is 84.2 Å². The maximum atomic E-state index is 12.4. The summed E-state index contributed by atoms with van der Waals surface area (Å²) in [5, 5.41) is 0. The Labute approximate surface area is 150 Å². The Kier molecular flexibility index (Phi) is 3.90. The predicted molar refractivity (Wildman–Crippen MR) is 93.0 cm³/mol. The maximum absolute atomic E-state index is 12.4. The SMILES string of the molecule is CCOC(=O)Cc1cn2cc(C3CC3)cc(N3CC(=O)N(C)C3=O)c2n1. The molecule has 0 aromatic carbocycles. The second-order valence-electron chi connectivity index (χ2n) is 6.70. The van der Waals surface area contributed by atoms with E-state index in [4.69, 9.17) is 4.74 Å². The van der Waals surface area contributed by atoms with Gasteiger partial charge >= 0.3 is 12.0 Å². The zero-order valence-electron chi connectivity index (χ0n) is 14.8. The zero-order chi connectivity index (χ0) is 18.4. The Bertz CT molecular complexity index is 915. The van der Waals surface area contributed by atoms with E-state index in [1.165, 1.54) is 11.9 Å². The van der Waals surface area contributed by atoms with Gasteiger partial charge in [-0.2, -0.15) is 0 Å². The number of fused-ring (bicyclic) bond motifs is 1. The number of carbonyl (C=O) groups excluding carboxylic acids is 3. The van der Waals surface area contributed by atoms with Crippen LogP contribution in [-0.4, -0.2) is 52.4 Å². The minimum absolute atomic E-state index is 0.000810. The summed E-state index contributed by atoms with van der Waals surface area (Å²) in [4.78, 5) is 43.2. The standard InChI is InChI=1S/C18H20N4O4/c1-3-26-16(24)7-13-9-21-8-12(11-4-5-11)6-14(17(21)19-13)22-10-15(23)20(2)18(22)25/h6,8-9,11H,3-5,7,10H2,1-2H3. The highest BCUT2D eigenvalue weighted by Gasteiger charge is 2.36. The lowest BCUT2D eigenvalue weighted by molar-refractivity contribution is -0.142. The van der Waals surface area contributed by atoms with Crippen molar-refractivity contribution < 1.29 is 19.1 Å². The summed E-state index contributed by atoms with van der Waals surface area (Å²) in [6.45, 7) is 2.08. The van der Waals surface area contributed by atoms with Crippen LogP contribution >= 0.6 is 0 Å². The van der Waals surface area contributed by atoms with Crippen LogP contribution in [0.3, 0.4) is 0 Å². The van der Waals surface area contributed by atoms with Crippen LogP contribution < -0.4 is 4.90 Å². The summed E-state index contributed by atoms with van der Waals surface area (Å²) in [6.07, 6.45) is 6.07. The number of esters is 1. The number of likely N-dealkylation sites (N-methyl/N-ethyl adjacent to an activating group) is 1. The van der Waals surface area contributed by atoms with Gasteiger partial charge in [0.25, 0.3) is 0 Å². The van der Waals surface area contributed by atoms with Crippen LogP contribution in [0.25, 0.3) is 5.65 Å². The molecule has 1 saturated carbocycles.